The zero-order valence-corrected chi connectivity index (χ0v) is 54.2. The first-order valence-corrected chi connectivity index (χ1v) is 34.7. The molecular formula is C77H128O6. The van der Waals surface area contributed by atoms with Crippen molar-refractivity contribution in [3.8, 4) is 0 Å². The SMILES string of the molecule is CC/C=C\C/C=C\C/C=C\C/C=C\C/C=C\C/C=C\CCC(=O)OCC(COC(=O)CCCCCCCCCCCC/C=C\C/C=C\C/C=C\C/C=C\CC)OC(=O)CCCCCCCCCCCCC/C=C\CCCCCCCCCC. The Morgan fingerprint density at radius 1 is 0.253 bits per heavy atom. The van der Waals surface area contributed by atoms with Crippen molar-refractivity contribution in [3.05, 3.63) is 134 Å². The Bertz CT molecular complexity index is 1750. The Labute approximate surface area is 513 Å². The first-order valence-electron chi connectivity index (χ1n) is 34.7. The van der Waals surface area contributed by atoms with Gasteiger partial charge >= 0.3 is 17.9 Å². The standard InChI is InChI=1S/C77H128O6/c1-4-7-10-13-16-19-22-25-28-31-34-36-38-40-43-46-49-52-55-58-61-64-67-70-76(79)82-73-74(72-81-75(78)69-66-63-60-57-54-51-48-45-42-33-30-27-24-21-18-15-12-9-6-3)83-77(80)71-68-65-62-59-56-53-50-47-44-41-39-37-35-32-29-26-23-20-17-14-11-8-5-2/h7,9-10,12,16,18-19,21,25,27-28,30,32,34-36,42,45,51,54,60,63,74H,4-6,8,11,13-15,17,20,22-24,26,29,31,33,37-41,43-44,46-50,52-53,55-59,61-62,64-73H2,1-3H3/b10-7-,12-9-,19-16-,21-18-,28-25-,30-27-,35-32-,36-34-,45-42-,54-51-,63-60-. The third-order valence-electron chi connectivity index (χ3n) is 14.6. The normalized spacial score (nSPS) is 13.0. The van der Waals surface area contributed by atoms with Gasteiger partial charge in [-0.05, 0) is 122 Å². The van der Waals surface area contributed by atoms with E-state index in [0.29, 0.717) is 19.3 Å². The minimum absolute atomic E-state index is 0.106. The number of carbonyl (C=O) groups excluding carboxylic acids is 3. The zero-order valence-electron chi connectivity index (χ0n) is 54.2. The maximum atomic E-state index is 13.0. The lowest BCUT2D eigenvalue weighted by molar-refractivity contribution is -0.166. The van der Waals surface area contributed by atoms with Crippen molar-refractivity contribution < 1.29 is 28.6 Å². The molecule has 0 aliphatic heterocycles. The minimum Gasteiger partial charge on any atom is -0.462 e. The Hall–Kier alpha value is -4.45. The molecule has 1 unspecified atom stereocenters. The Morgan fingerprint density at radius 2 is 0.494 bits per heavy atom. The monoisotopic (exact) mass is 1150 g/mol. The predicted octanol–water partition coefficient (Wildman–Crippen LogP) is 24.1. The molecule has 0 aromatic carbocycles. The van der Waals surface area contributed by atoms with Gasteiger partial charge in [-0.1, -0.05) is 309 Å². The molecule has 0 N–H and O–H groups in total. The fourth-order valence-corrected chi connectivity index (χ4v) is 9.52. The van der Waals surface area contributed by atoms with Crippen LogP contribution in [0.25, 0.3) is 0 Å². The second-order valence-electron chi connectivity index (χ2n) is 22.7. The molecule has 83 heavy (non-hydrogen) atoms. The van der Waals surface area contributed by atoms with Gasteiger partial charge in [0.25, 0.3) is 0 Å². The summed E-state index contributed by atoms with van der Waals surface area (Å²) >= 11 is 0. The van der Waals surface area contributed by atoms with Gasteiger partial charge in [0.05, 0.1) is 0 Å². The molecular weight excluding hydrogens is 1020 g/mol. The van der Waals surface area contributed by atoms with E-state index in [4.69, 9.17) is 14.2 Å². The van der Waals surface area contributed by atoms with Crippen LogP contribution in [-0.2, 0) is 28.6 Å². The van der Waals surface area contributed by atoms with Gasteiger partial charge in [-0.25, -0.2) is 0 Å². The molecule has 0 fully saturated rings. The van der Waals surface area contributed by atoms with Crippen LogP contribution in [0.2, 0.25) is 0 Å². The molecule has 0 aromatic rings. The highest BCUT2D eigenvalue weighted by atomic mass is 16.6. The van der Waals surface area contributed by atoms with E-state index in [2.05, 4.69) is 148 Å². The van der Waals surface area contributed by atoms with E-state index in [1.165, 1.54) is 167 Å². The second-order valence-corrected chi connectivity index (χ2v) is 22.7. The van der Waals surface area contributed by atoms with E-state index in [0.717, 1.165) is 103 Å². The highest BCUT2D eigenvalue weighted by Crippen LogP contribution is 2.16. The number of carbonyl (C=O) groups is 3. The maximum absolute atomic E-state index is 13.0. The Morgan fingerprint density at radius 3 is 0.819 bits per heavy atom. The van der Waals surface area contributed by atoms with Gasteiger partial charge in [0.15, 0.2) is 6.10 Å². The average molecular weight is 1150 g/mol. The molecule has 0 saturated heterocycles. The van der Waals surface area contributed by atoms with E-state index in [9.17, 15) is 14.4 Å². The molecule has 0 aliphatic carbocycles. The van der Waals surface area contributed by atoms with Crippen LogP contribution in [0.3, 0.4) is 0 Å². The number of ether oxygens (including phenoxy) is 3. The summed E-state index contributed by atoms with van der Waals surface area (Å²) in [7, 11) is 0. The van der Waals surface area contributed by atoms with Crippen molar-refractivity contribution in [2.75, 3.05) is 13.2 Å². The first-order chi connectivity index (χ1) is 41.0. The van der Waals surface area contributed by atoms with Gasteiger partial charge in [0, 0.05) is 19.3 Å². The molecule has 0 heterocycles. The van der Waals surface area contributed by atoms with E-state index >= 15 is 0 Å². The summed E-state index contributed by atoms with van der Waals surface area (Å²) in [5, 5.41) is 0. The van der Waals surface area contributed by atoms with Crippen LogP contribution < -0.4 is 0 Å². The topological polar surface area (TPSA) is 78.9 Å². The molecule has 0 amide bonds. The van der Waals surface area contributed by atoms with Crippen LogP contribution in [0, 0.1) is 0 Å². The number of allylic oxidation sites excluding steroid dienone is 22. The minimum atomic E-state index is -0.818. The lowest BCUT2D eigenvalue weighted by Crippen LogP contribution is -2.30. The van der Waals surface area contributed by atoms with Crippen LogP contribution in [0.5, 0.6) is 0 Å². The average Bonchev–Trinajstić information content (AvgIpc) is 3.49. The molecule has 6 nitrogen and oxygen atoms in total. The van der Waals surface area contributed by atoms with Gasteiger partial charge in [-0.3, -0.25) is 14.4 Å². The van der Waals surface area contributed by atoms with E-state index in [-0.39, 0.29) is 37.5 Å². The molecule has 6 heteroatoms. The van der Waals surface area contributed by atoms with Gasteiger partial charge in [0.2, 0.25) is 0 Å². The molecule has 1 atom stereocenters. The third kappa shape index (κ3) is 68.2. The van der Waals surface area contributed by atoms with Gasteiger partial charge in [-0.15, -0.1) is 0 Å². The molecule has 0 spiro atoms. The van der Waals surface area contributed by atoms with E-state index in [1.54, 1.807) is 0 Å². The molecule has 0 saturated carbocycles. The van der Waals surface area contributed by atoms with Crippen molar-refractivity contribution >= 4 is 17.9 Å². The van der Waals surface area contributed by atoms with Crippen molar-refractivity contribution in [2.45, 2.75) is 322 Å². The fraction of sp³-hybridized carbons (Fsp3) is 0.675. The lowest BCUT2D eigenvalue weighted by atomic mass is 10.0. The molecule has 0 bridgehead atoms. The fourth-order valence-electron chi connectivity index (χ4n) is 9.52. The third-order valence-corrected chi connectivity index (χ3v) is 14.6. The van der Waals surface area contributed by atoms with Crippen LogP contribution >= 0.6 is 0 Å². The number of unbranched alkanes of at least 4 members (excludes halogenated alkanes) is 29. The lowest BCUT2D eigenvalue weighted by Gasteiger charge is -2.18. The first kappa shape index (κ1) is 78.5. The van der Waals surface area contributed by atoms with Crippen molar-refractivity contribution in [3.63, 3.8) is 0 Å². The van der Waals surface area contributed by atoms with Crippen LogP contribution in [0.4, 0.5) is 0 Å². The van der Waals surface area contributed by atoms with Crippen molar-refractivity contribution in [1.82, 2.24) is 0 Å². The molecule has 0 rings (SSSR count). The molecule has 0 aliphatic rings. The van der Waals surface area contributed by atoms with Gasteiger partial charge in [0.1, 0.15) is 13.2 Å². The predicted molar refractivity (Wildman–Crippen MR) is 362 cm³/mol. The Kier molecular flexibility index (Phi) is 66.3. The summed E-state index contributed by atoms with van der Waals surface area (Å²) < 4.78 is 16.9. The van der Waals surface area contributed by atoms with Crippen LogP contribution in [0.1, 0.15) is 316 Å². The van der Waals surface area contributed by atoms with Crippen molar-refractivity contribution in [1.29, 1.82) is 0 Å². The molecule has 0 radical (unpaired) electrons. The number of hydrogen-bond donors (Lipinski definition) is 0. The zero-order chi connectivity index (χ0) is 59.9. The van der Waals surface area contributed by atoms with Gasteiger partial charge < -0.3 is 14.2 Å². The maximum Gasteiger partial charge on any atom is 0.306 e. The number of rotatable bonds is 62. The quantitative estimate of drug-likeness (QED) is 0.0261. The van der Waals surface area contributed by atoms with E-state index in [1.807, 2.05) is 6.08 Å². The summed E-state index contributed by atoms with van der Waals surface area (Å²) in [4.78, 5) is 38.4. The summed E-state index contributed by atoms with van der Waals surface area (Å²) in [6.45, 7) is 6.37. The number of esters is 3. The Balaban J connectivity index is 4.47. The molecule has 0 aromatic heterocycles. The largest absolute Gasteiger partial charge is 0.462 e. The summed E-state index contributed by atoms with van der Waals surface area (Å²) in [6, 6.07) is 0. The van der Waals surface area contributed by atoms with E-state index < -0.39 is 6.10 Å². The highest BCUT2D eigenvalue weighted by molar-refractivity contribution is 5.71. The summed E-state index contributed by atoms with van der Waals surface area (Å²) in [5.41, 5.74) is 0. The highest BCUT2D eigenvalue weighted by Gasteiger charge is 2.19. The van der Waals surface area contributed by atoms with Crippen molar-refractivity contribution in [2.24, 2.45) is 0 Å². The second kappa shape index (κ2) is 70.0. The number of hydrogen-bond acceptors (Lipinski definition) is 6. The van der Waals surface area contributed by atoms with Crippen LogP contribution in [-0.4, -0.2) is 37.2 Å². The smallest absolute Gasteiger partial charge is 0.306 e. The molecule has 472 valence electrons. The van der Waals surface area contributed by atoms with Gasteiger partial charge in [-0.2, -0.15) is 0 Å². The summed E-state index contributed by atoms with van der Waals surface area (Å²) in [6.07, 6.45) is 99.1. The van der Waals surface area contributed by atoms with Crippen LogP contribution in [0.15, 0.2) is 134 Å². The summed E-state index contributed by atoms with van der Waals surface area (Å²) in [5.74, 6) is -0.990.